The van der Waals surface area contributed by atoms with Gasteiger partial charge in [-0.3, -0.25) is 9.59 Å². The van der Waals surface area contributed by atoms with Gasteiger partial charge in [-0.1, -0.05) is 12.1 Å². The van der Waals surface area contributed by atoms with Crippen LogP contribution in [0.1, 0.15) is 34.1 Å². The summed E-state index contributed by atoms with van der Waals surface area (Å²) in [6, 6.07) is 9.89. The van der Waals surface area contributed by atoms with Crippen molar-refractivity contribution in [2.75, 3.05) is 7.05 Å². The fourth-order valence-corrected chi connectivity index (χ4v) is 3.87. The highest BCUT2D eigenvalue weighted by molar-refractivity contribution is 7.10. The minimum atomic E-state index is -0.241. The van der Waals surface area contributed by atoms with Crippen molar-refractivity contribution >= 4 is 23.2 Å². The molecule has 6 heteroatoms. The number of piperidine rings is 1. The number of phenolic OH excluding ortho intramolecular Hbond substituents is 1. The first kappa shape index (κ1) is 15.6. The first-order valence-corrected chi connectivity index (χ1v) is 8.33. The van der Waals surface area contributed by atoms with Gasteiger partial charge in [-0.2, -0.15) is 0 Å². The molecule has 0 aliphatic carbocycles. The molecule has 1 aliphatic rings. The third-order valence-corrected chi connectivity index (χ3v) is 5.06. The van der Waals surface area contributed by atoms with Gasteiger partial charge in [-0.25, -0.2) is 0 Å². The fourth-order valence-electron chi connectivity index (χ4n) is 2.94. The molecule has 1 saturated heterocycles. The Balaban J connectivity index is 1.82. The Morgan fingerprint density at radius 3 is 2.87 bits per heavy atom. The van der Waals surface area contributed by atoms with Crippen molar-refractivity contribution in [2.45, 2.75) is 24.9 Å². The summed E-state index contributed by atoms with van der Waals surface area (Å²) in [6.07, 6.45) is 1.03. The molecule has 2 heterocycles. The lowest BCUT2D eigenvalue weighted by Crippen LogP contribution is -2.50. The van der Waals surface area contributed by atoms with E-state index in [2.05, 4.69) is 5.32 Å². The molecule has 0 unspecified atom stereocenters. The Bertz CT molecular complexity index is 714. The summed E-state index contributed by atoms with van der Waals surface area (Å²) in [4.78, 5) is 27.2. The normalized spacial score (nSPS) is 21.3. The highest BCUT2D eigenvalue weighted by atomic mass is 32.1. The van der Waals surface area contributed by atoms with Crippen LogP contribution in [0, 0.1) is 0 Å². The minimum absolute atomic E-state index is 0.0587. The monoisotopic (exact) mass is 330 g/mol. The van der Waals surface area contributed by atoms with Crippen LogP contribution in [0.2, 0.25) is 0 Å². The van der Waals surface area contributed by atoms with Gasteiger partial charge in [0.1, 0.15) is 5.75 Å². The Kier molecular flexibility index (Phi) is 4.34. The molecular weight excluding hydrogens is 312 g/mol. The Morgan fingerprint density at radius 2 is 2.17 bits per heavy atom. The average Bonchev–Trinajstić information content (AvgIpc) is 3.05. The van der Waals surface area contributed by atoms with Gasteiger partial charge in [0.25, 0.3) is 5.91 Å². The second-order valence-corrected chi connectivity index (χ2v) is 6.61. The number of likely N-dealkylation sites (N-methyl/N-ethyl adjacent to an activating group) is 1. The number of nitrogens with one attached hydrogen (secondary N) is 1. The summed E-state index contributed by atoms with van der Waals surface area (Å²) >= 11 is 1.58. The average molecular weight is 330 g/mol. The van der Waals surface area contributed by atoms with Crippen molar-refractivity contribution in [2.24, 2.45) is 0 Å². The van der Waals surface area contributed by atoms with Gasteiger partial charge in [0.2, 0.25) is 5.91 Å². The van der Waals surface area contributed by atoms with E-state index in [-0.39, 0.29) is 29.6 Å². The Labute approximate surface area is 138 Å². The molecule has 1 aromatic heterocycles. The van der Waals surface area contributed by atoms with Crippen LogP contribution in [0.4, 0.5) is 0 Å². The van der Waals surface area contributed by atoms with Gasteiger partial charge in [-0.05, 0) is 36.1 Å². The lowest BCUT2D eigenvalue weighted by molar-refractivity contribution is -0.135. The largest absolute Gasteiger partial charge is 0.508 e. The molecule has 0 bridgehead atoms. The van der Waals surface area contributed by atoms with Gasteiger partial charge in [0.05, 0.1) is 12.1 Å². The predicted octanol–water partition coefficient (Wildman–Crippen LogP) is 2.55. The summed E-state index contributed by atoms with van der Waals surface area (Å²) < 4.78 is 0. The summed E-state index contributed by atoms with van der Waals surface area (Å²) in [6.45, 7) is 0. The maximum atomic E-state index is 12.4. The fraction of sp³-hybridized carbons (Fsp3) is 0.294. The molecular formula is C17H18N2O3S. The number of carbonyl (C=O) groups is 2. The highest BCUT2D eigenvalue weighted by Gasteiger charge is 2.36. The Hall–Kier alpha value is -2.34. The molecule has 1 fully saturated rings. The van der Waals surface area contributed by atoms with E-state index in [9.17, 15) is 14.7 Å². The van der Waals surface area contributed by atoms with E-state index in [1.54, 1.807) is 35.4 Å². The van der Waals surface area contributed by atoms with Crippen molar-refractivity contribution in [3.63, 3.8) is 0 Å². The van der Waals surface area contributed by atoms with E-state index in [1.807, 2.05) is 17.5 Å². The highest BCUT2D eigenvalue weighted by Crippen LogP contribution is 2.33. The lowest BCUT2D eigenvalue weighted by atomic mass is 9.94. The molecule has 23 heavy (non-hydrogen) atoms. The van der Waals surface area contributed by atoms with Crippen LogP contribution in [0.3, 0.4) is 0 Å². The van der Waals surface area contributed by atoms with E-state index in [0.29, 0.717) is 18.4 Å². The number of amides is 2. The number of benzene rings is 1. The van der Waals surface area contributed by atoms with E-state index in [0.717, 1.165) is 4.88 Å². The summed E-state index contributed by atoms with van der Waals surface area (Å²) in [5, 5.41) is 14.5. The Morgan fingerprint density at radius 1 is 1.35 bits per heavy atom. The molecule has 0 saturated carbocycles. The number of phenols is 1. The van der Waals surface area contributed by atoms with Gasteiger partial charge < -0.3 is 15.3 Å². The second kappa shape index (κ2) is 6.42. The van der Waals surface area contributed by atoms with E-state index in [4.69, 9.17) is 0 Å². The number of aromatic hydroxyl groups is 1. The predicted molar refractivity (Wildman–Crippen MR) is 88.4 cm³/mol. The van der Waals surface area contributed by atoms with Crippen molar-refractivity contribution in [3.8, 4) is 5.75 Å². The molecule has 5 nitrogen and oxygen atoms in total. The molecule has 2 N–H and O–H groups in total. The molecule has 0 radical (unpaired) electrons. The van der Waals surface area contributed by atoms with Crippen LogP contribution in [0.5, 0.6) is 5.75 Å². The maximum absolute atomic E-state index is 12.4. The topological polar surface area (TPSA) is 69.6 Å². The zero-order chi connectivity index (χ0) is 16.4. The summed E-state index contributed by atoms with van der Waals surface area (Å²) in [7, 11) is 1.78. The second-order valence-electron chi connectivity index (χ2n) is 5.63. The van der Waals surface area contributed by atoms with E-state index >= 15 is 0 Å². The van der Waals surface area contributed by atoms with Crippen molar-refractivity contribution in [3.05, 3.63) is 52.2 Å². The van der Waals surface area contributed by atoms with Crippen molar-refractivity contribution in [1.29, 1.82) is 0 Å². The van der Waals surface area contributed by atoms with Crippen LogP contribution < -0.4 is 5.32 Å². The number of hydrogen-bond acceptors (Lipinski definition) is 4. The van der Waals surface area contributed by atoms with Crippen molar-refractivity contribution < 1.29 is 14.7 Å². The van der Waals surface area contributed by atoms with Crippen LogP contribution in [0.15, 0.2) is 41.8 Å². The number of likely N-dealkylation sites (tertiary alicyclic amines) is 1. The number of rotatable bonds is 3. The molecule has 120 valence electrons. The number of hydrogen-bond donors (Lipinski definition) is 2. The SMILES string of the molecule is CN1C(=O)CC[C@H](NC(=O)c2cccc(O)c2)[C@@H]1c1cccs1. The van der Waals surface area contributed by atoms with E-state index < -0.39 is 0 Å². The first-order chi connectivity index (χ1) is 11.1. The third-order valence-electron chi connectivity index (χ3n) is 4.12. The molecule has 0 spiro atoms. The van der Waals surface area contributed by atoms with Crippen LogP contribution in [-0.4, -0.2) is 34.9 Å². The molecule has 2 atom stereocenters. The van der Waals surface area contributed by atoms with Crippen LogP contribution in [-0.2, 0) is 4.79 Å². The van der Waals surface area contributed by atoms with Crippen LogP contribution in [0.25, 0.3) is 0 Å². The zero-order valence-corrected chi connectivity index (χ0v) is 13.5. The van der Waals surface area contributed by atoms with Gasteiger partial charge in [-0.15, -0.1) is 11.3 Å². The summed E-state index contributed by atoms with van der Waals surface area (Å²) in [5.41, 5.74) is 0.412. The molecule has 3 rings (SSSR count). The smallest absolute Gasteiger partial charge is 0.251 e. The van der Waals surface area contributed by atoms with Crippen LogP contribution >= 0.6 is 11.3 Å². The van der Waals surface area contributed by atoms with Gasteiger partial charge >= 0.3 is 0 Å². The summed E-state index contributed by atoms with van der Waals surface area (Å²) in [5.74, 6) is -0.0927. The number of thiophene rings is 1. The minimum Gasteiger partial charge on any atom is -0.508 e. The number of carbonyl (C=O) groups excluding carboxylic acids is 2. The quantitative estimate of drug-likeness (QED) is 0.909. The third kappa shape index (κ3) is 3.22. The molecule has 2 aromatic rings. The molecule has 2 amide bonds. The van der Waals surface area contributed by atoms with Crippen molar-refractivity contribution in [1.82, 2.24) is 10.2 Å². The lowest BCUT2D eigenvalue weighted by Gasteiger charge is -2.38. The zero-order valence-electron chi connectivity index (χ0n) is 12.7. The molecule has 1 aliphatic heterocycles. The molecule has 1 aromatic carbocycles. The first-order valence-electron chi connectivity index (χ1n) is 7.45. The van der Waals surface area contributed by atoms with Gasteiger partial charge in [0, 0.05) is 23.9 Å². The van der Waals surface area contributed by atoms with Gasteiger partial charge in [0.15, 0.2) is 0 Å². The van der Waals surface area contributed by atoms with E-state index in [1.165, 1.54) is 12.1 Å². The standard InChI is InChI=1S/C17H18N2O3S/c1-19-15(21)8-7-13(16(19)14-6-3-9-23-14)18-17(22)11-4-2-5-12(20)10-11/h2-6,9-10,13,16,20H,7-8H2,1H3,(H,18,22)/t13-,16+/m0/s1. The number of nitrogens with zero attached hydrogens (tertiary/aromatic N) is 1. The maximum Gasteiger partial charge on any atom is 0.251 e.